The normalized spacial score (nSPS) is 21.2. The maximum Gasteiger partial charge on any atom is 0.268 e. The Bertz CT molecular complexity index is 2620. The fourth-order valence-electron chi connectivity index (χ4n) is 9.93. The van der Waals surface area contributed by atoms with E-state index in [0.717, 1.165) is 74.4 Å². The number of aromatic nitrogens is 2. The number of aromatic amines is 1. The zero-order valence-corrected chi connectivity index (χ0v) is 37.0. The van der Waals surface area contributed by atoms with Gasteiger partial charge < -0.3 is 29.9 Å². The summed E-state index contributed by atoms with van der Waals surface area (Å²) in [5.74, 6) is 1.74. The second kappa shape index (κ2) is 18.4. The highest BCUT2D eigenvalue weighted by Crippen LogP contribution is 2.47. The van der Waals surface area contributed by atoms with E-state index >= 15 is 0 Å². The minimum Gasteiger partial charge on any atom is -0.619 e. The molecule has 3 fully saturated rings. The molecule has 330 valence electrons. The van der Waals surface area contributed by atoms with E-state index < -0.39 is 15.9 Å². The van der Waals surface area contributed by atoms with Crippen molar-refractivity contribution in [3.05, 3.63) is 118 Å². The Labute approximate surface area is 373 Å². The van der Waals surface area contributed by atoms with Crippen LogP contribution in [0.4, 0.5) is 17.1 Å². The van der Waals surface area contributed by atoms with Gasteiger partial charge in [-0.3, -0.25) is 9.69 Å². The summed E-state index contributed by atoms with van der Waals surface area (Å²) in [6, 6.07) is 21.8. The van der Waals surface area contributed by atoms with Crippen LogP contribution in [0, 0.1) is 28.9 Å². The highest BCUT2D eigenvalue weighted by atomic mass is 35.5. The second-order valence-corrected chi connectivity index (χ2v) is 19.7. The number of hydrogen-bond acceptors (Lipinski definition) is 10. The summed E-state index contributed by atoms with van der Waals surface area (Å²) in [6.45, 7) is 11.5. The quantitative estimate of drug-likeness (QED) is 0.0343. The van der Waals surface area contributed by atoms with Crippen LogP contribution in [0.25, 0.3) is 11.0 Å². The van der Waals surface area contributed by atoms with Crippen LogP contribution in [-0.2, 0) is 14.8 Å². The van der Waals surface area contributed by atoms with Crippen molar-refractivity contribution < 1.29 is 27.4 Å². The number of allylic oxidation sites excluding steroid dienone is 1. The van der Waals surface area contributed by atoms with Crippen LogP contribution in [0.1, 0.15) is 67.4 Å². The van der Waals surface area contributed by atoms with Crippen LogP contribution >= 0.6 is 11.6 Å². The molecule has 4 aliphatic rings. The molecule has 0 saturated carbocycles. The number of rotatable bonds is 13. The van der Waals surface area contributed by atoms with Crippen molar-refractivity contribution in [2.24, 2.45) is 23.7 Å². The van der Waals surface area contributed by atoms with Crippen LogP contribution in [0.3, 0.4) is 0 Å². The van der Waals surface area contributed by atoms with Crippen molar-refractivity contribution in [2.75, 3.05) is 56.2 Å². The monoisotopic (exact) mass is 891 g/mol. The lowest BCUT2D eigenvalue weighted by Gasteiger charge is -2.49. The number of likely N-dealkylation sites (tertiary alicyclic amines) is 1. The van der Waals surface area contributed by atoms with Gasteiger partial charge in [-0.1, -0.05) is 35.4 Å². The molecule has 0 radical (unpaired) electrons. The van der Waals surface area contributed by atoms with Crippen molar-refractivity contribution >= 4 is 62.3 Å². The van der Waals surface area contributed by atoms with Gasteiger partial charge in [-0.25, -0.2) is 18.1 Å². The Morgan fingerprint density at radius 3 is 2.60 bits per heavy atom. The molecule has 3 N–H and O–H groups in total. The van der Waals surface area contributed by atoms with E-state index in [2.05, 4.69) is 61.7 Å². The van der Waals surface area contributed by atoms with Crippen LogP contribution in [0.2, 0.25) is 5.02 Å². The molecular weight excluding hydrogens is 838 g/mol. The first-order chi connectivity index (χ1) is 30.5. The molecule has 2 aromatic heterocycles. The van der Waals surface area contributed by atoms with Gasteiger partial charge in [0.15, 0.2) is 0 Å². The summed E-state index contributed by atoms with van der Waals surface area (Å²) >= 11 is 6.32. The molecule has 3 aromatic carbocycles. The number of amides is 1. The van der Waals surface area contributed by atoms with E-state index in [1.165, 1.54) is 35.8 Å². The first kappa shape index (κ1) is 42.9. The van der Waals surface area contributed by atoms with Gasteiger partial charge in [-0.15, -0.1) is 0 Å². The molecule has 1 amide bonds. The molecule has 0 spiro atoms. The van der Waals surface area contributed by atoms with Crippen LogP contribution in [0.5, 0.6) is 11.5 Å². The number of sulfonamides is 1. The third-order valence-electron chi connectivity index (χ3n) is 13.4. The third-order valence-corrected chi connectivity index (χ3v) is 15.0. The van der Waals surface area contributed by atoms with Gasteiger partial charge in [0, 0.05) is 86.4 Å². The minimum absolute atomic E-state index is 0.0252. The summed E-state index contributed by atoms with van der Waals surface area (Å²) in [7, 11) is -4.44. The highest BCUT2D eigenvalue weighted by molar-refractivity contribution is 7.90. The van der Waals surface area contributed by atoms with Gasteiger partial charge in [0.25, 0.3) is 15.9 Å². The zero-order valence-electron chi connectivity index (χ0n) is 35.5. The second-order valence-electron chi connectivity index (χ2n) is 17.6. The number of benzene rings is 3. The Balaban J connectivity index is 0.921. The maximum atomic E-state index is 14.0. The number of ether oxygens (including phenoxy) is 2. The average Bonchev–Trinajstić information content (AvgIpc) is 3.76. The van der Waals surface area contributed by atoms with Gasteiger partial charge in [0.05, 0.1) is 16.7 Å². The predicted molar refractivity (Wildman–Crippen MR) is 247 cm³/mol. The minimum atomic E-state index is -4.44. The zero-order chi connectivity index (χ0) is 43.7. The number of halogens is 1. The third kappa shape index (κ3) is 9.59. The van der Waals surface area contributed by atoms with E-state index in [1.54, 1.807) is 24.5 Å². The smallest absolute Gasteiger partial charge is 0.268 e. The molecule has 3 saturated heterocycles. The maximum absolute atomic E-state index is 14.0. The average molecular weight is 893 g/mol. The molecule has 5 aromatic rings. The fourth-order valence-corrected chi connectivity index (χ4v) is 11.0. The van der Waals surface area contributed by atoms with Gasteiger partial charge >= 0.3 is 0 Å². The number of pyridine rings is 1. The Morgan fingerprint density at radius 2 is 1.83 bits per heavy atom. The number of hydrogen-bond donors (Lipinski definition) is 3. The fraction of sp³-hybridized carbons (Fsp3) is 0.396. The number of fused-ring (bicyclic) bond motifs is 3. The van der Waals surface area contributed by atoms with Crippen LogP contribution in [-0.4, -0.2) is 86.6 Å². The number of nitrogens with one attached hydrogen (secondary N) is 3. The highest BCUT2D eigenvalue weighted by Gasteiger charge is 2.40. The predicted octanol–water partition coefficient (Wildman–Crippen LogP) is 9.05. The van der Waals surface area contributed by atoms with E-state index in [-0.39, 0.29) is 21.9 Å². The van der Waals surface area contributed by atoms with Crippen LogP contribution < -0.4 is 19.7 Å². The van der Waals surface area contributed by atoms with Crippen molar-refractivity contribution in [1.82, 2.24) is 19.6 Å². The number of H-pyrrole nitrogens is 1. The Kier molecular flexibility index (Phi) is 12.5. The first-order valence-corrected chi connectivity index (χ1v) is 23.8. The number of piperidine rings is 2. The van der Waals surface area contributed by atoms with E-state index in [9.17, 15) is 18.4 Å². The lowest BCUT2D eigenvalue weighted by molar-refractivity contribution is -0.349. The molecule has 0 unspecified atom stereocenters. The van der Waals surface area contributed by atoms with Crippen molar-refractivity contribution in [2.45, 2.75) is 56.4 Å². The van der Waals surface area contributed by atoms with E-state index in [1.807, 2.05) is 30.3 Å². The molecule has 2 bridgehead atoms. The van der Waals surface area contributed by atoms with Gasteiger partial charge in [0.2, 0.25) is 5.69 Å². The molecule has 3 atom stereocenters. The molecule has 15 heteroatoms. The van der Waals surface area contributed by atoms with Gasteiger partial charge in [-0.2, -0.15) is 4.74 Å². The summed E-state index contributed by atoms with van der Waals surface area (Å²) in [5.41, 5.74) is 4.88. The summed E-state index contributed by atoms with van der Waals surface area (Å²) in [4.78, 5) is 26.3. The lowest BCUT2D eigenvalue weighted by atomic mass is 9.71. The Hall–Kier alpha value is -5.41. The Morgan fingerprint density at radius 1 is 1.03 bits per heavy atom. The largest absolute Gasteiger partial charge is 0.619 e. The molecule has 3 aliphatic heterocycles. The summed E-state index contributed by atoms with van der Waals surface area (Å²) < 4.78 is 42.0. The SMILES string of the molecule is C=[N+]([O-])c1cc(S(=O)(=O)NC(=O)c2ccc(N3CCC(CN4C[C@@H]5CC=C(C)[C@@H](C5)[C@@H]4c4ccc(Cl)cc4)CC3)cc2Oc2cnc3[nH]ccc3c2)ccc1NCC1CCOCC1. The molecule has 9 rings (SSSR count). The number of carbonyl (C=O) groups is 1. The van der Waals surface area contributed by atoms with Crippen LogP contribution in [0.15, 0.2) is 102 Å². The molecule has 5 heterocycles. The number of anilines is 2. The molecular formula is C48H54ClN7O6S. The standard InChI is InChI=1S/C48H54ClN7O6S/c1-31-3-4-34-23-42(31)46(35-5-7-37(49)8-6-35)56(30-34)29-33-14-19-55(20-15-33)38-9-11-41(45(25-38)62-39-24-36-13-18-50-47(36)52-28-39)48(57)53-63(59,60)40-10-12-43(44(26-40)54(2)58)51-27-32-16-21-61-22-17-32/h3,5-13,18,24-26,28,32-34,42,46,51H,2,4,14-17,19-23,27,29-30H2,1H3,(H,50,52)(H,53,57)/t34-,42-,46+/m1/s1. The summed E-state index contributed by atoms with van der Waals surface area (Å²) in [5, 5.41) is 17.4. The molecule has 1 aliphatic carbocycles. The molecule has 13 nitrogen and oxygen atoms in total. The summed E-state index contributed by atoms with van der Waals surface area (Å²) in [6.07, 6.45) is 11.9. The van der Waals surface area contributed by atoms with Crippen molar-refractivity contribution in [3.63, 3.8) is 0 Å². The first-order valence-electron chi connectivity index (χ1n) is 21.9. The number of nitrogens with zero attached hydrogens (tertiary/aromatic N) is 4. The van der Waals surface area contributed by atoms with Crippen molar-refractivity contribution in [3.8, 4) is 11.5 Å². The van der Waals surface area contributed by atoms with Gasteiger partial charge in [-0.05, 0) is 123 Å². The van der Waals surface area contributed by atoms with Gasteiger partial charge in [0.1, 0.15) is 29.6 Å². The molecule has 63 heavy (non-hydrogen) atoms. The number of carbonyl (C=O) groups excluding carboxylic acids is 1. The lowest BCUT2D eigenvalue weighted by Crippen LogP contribution is -2.48. The van der Waals surface area contributed by atoms with Crippen molar-refractivity contribution in [1.29, 1.82) is 0 Å². The van der Waals surface area contributed by atoms with E-state index in [0.29, 0.717) is 71.3 Å². The topological polar surface area (TPSA) is 155 Å². The van der Waals surface area contributed by atoms with E-state index in [4.69, 9.17) is 21.1 Å².